The molecule has 0 amide bonds. The molecule has 76 valence electrons. The Bertz CT molecular complexity index is 418. The lowest BCUT2D eigenvalue weighted by Gasteiger charge is -2.18. The first-order valence-corrected chi connectivity index (χ1v) is 4.89. The van der Waals surface area contributed by atoms with E-state index in [9.17, 15) is 0 Å². The summed E-state index contributed by atoms with van der Waals surface area (Å²) < 4.78 is 0. The highest BCUT2D eigenvalue weighted by atomic mass is 15.1. The van der Waals surface area contributed by atoms with E-state index in [4.69, 9.17) is 5.26 Å². The van der Waals surface area contributed by atoms with E-state index in [1.165, 1.54) is 0 Å². The Morgan fingerprint density at radius 2 is 2.07 bits per heavy atom. The smallest absolute Gasteiger partial charge is 0.101 e. The van der Waals surface area contributed by atoms with Crippen molar-refractivity contribution in [1.29, 1.82) is 5.26 Å². The topological polar surface area (TPSA) is 27.0 Å². The molecular weight excluding hydrogens is 184 g/mol. The standard InChI is InChI=1S/C13H14N2/c1-3-4-7-10-15(2)13-9-6-5-8-12(13)11-14/h5-6,8-9H,7,10H2,1-2H3. The maximum Gasteiger partial charge on any atom is 0.101 e. The van der Waals surface area contributed by atoms with Gasteiger partial charge in [0.25, 0.3) is 0 Å². The number of rotatable bonds is 3. The molecule has 15 heavy (non-hydrogen) atoms. The third kappa shape index (κ3) is 3.04. The van der Waals surface area contributed by atoms with Gasteiger partial charge in [0, 0.05) is 20.0 Å². The number of benzene rings is 1. The van der Waals surface area contributed by atoms with Gasteiger partial charge in [-0.1, -0.05) is 12.1 Å². The summed E-state index contributed by atoms with van der Waals surface area (Å²) in [7, 11) is 1.98. The first-order valence-electron chi connectivity index (χ1n) is 4.89. The van der Waals surface area contributed by atoms with Gasteiger partial charge in [-0.05, 0) is 19.1 Å². The van der Waals surface area contributed by atoms with Gasteiger partial charge in [-0.15, -0.1) is 11.8 Å². The Labute approximate surface area is 91.1 Å². The lowest BCUT2D eigenvalue weighted by Crippen LogP contribution is -2.19. The molecule has 0 heterocycles. The normalized spacial score (nSPS) is 8.60. The highest BCUT2D eigenvalue weighted by Gasteiger charge is 2.04. The first-order chi connectivity index (χ1) is 7.29. The van der Waals surface area contributed by atoms with Gasteiger partial charge in [0.15, 0.2) is 0 Å². The van der Waals surface area contributed by atoms with E-state index < -0.39 is 0 Å². The summed E-state index contributed by atoms with van der Waals surface area (Å²) in [6, 6.07) is 9.80. The molecule has 0 saturated heterocycles. The van der Waals surface area contributed by atoms with Crippen molar-refractivity contribution in [3.05, 3.63) is 29.8 Å². The van der Waals surface area contributed by atoms with Crippen LogP contribution in [0.4, 0.5) is 5.69 Å². The van der Waals surface area contributed by atoms with Crippen molar-refractivity contribution in [2.24, 2.45) is 0 Å². The molecule has 0 fully saturated rings. The zero-order valence-electron chi connectivity index (χ0n) is 9.12. The van der Waals surface area contributed by atoms with Crippen molar-refractivity contribution >= 4 is 5.69 Å². The zero-order chi connectivity index (χ0) is 11.1. The van der Waals surface area contributed by atoms with E-state index >= 15 is 0 Å². The molecule has 0 N–H and O–H groups in total. The summed E-state index contributed by atoms with van der Waals surface area (Å²) >= 11 is 0. The van der Waals surface area contributed by atoms with Crippen LogP contribution in [0.25, 0.3) is 0 Å². The molecule has 0 aromatic heterocycles. The van der Waals surface area contributed by atoms with Crippen molar-refractivity contribution in [3.8, 4) is 17.9 Å². The van der Waals surface area contributed by atoms with Gasteiger partial charge in [-0.25, -0.2) is 0 Å². The van der Waals surface area contributed by atoms with E-state index in [0.717, 1.165) is 18.7 Å². The minimum absolute atomic E-state index is 0.712. The van der Waals surface area contributed by atoms with Crippen molar-refractivity contribution in [2.45, 2.75) is 13.3 Å². The molecule has 1 aromatic carbocycles. The lowest BCUT2D eigenvalue weighted by atomic mass is 10.2. The van der Waals surface area contributed by atoms with E-state index in [-0.39, 0.29) is 0 Å². The maximum absolute atomic E-state index is 8.93. The highest BCUT2D eigenvalue weighted by molar-refractivity contribution is 5.58. The number of hydrogen-bond acceptors (Lipinski definition) is 2. The monoisotopic (exact) mass is 198 g/mol. The Kier molecular flexibility index (Phi) is 4.26. The molecule has 0 aliphatic rings. The van der Waals surface area contributed by atoms with Crippen LogP contribution in [0.2, 0.25) is 0 Å². The summed E-state index contributed by atoms with van der Waals surface area (Å²) in [4.78, 5) is 2.06. The Morgan fingerprint density at radius 3 is 2.73 bits per heavy atom. The van der Waals surface area contributed by atoms with Crippen molar-refractivity contribution in [3.63, 3.8) is 0 Å². The molecule has 2 heteroatoms. The highest BCUT2D eigenvalue weighted by Crippen LogP contribution is 2.17. The number of anilines is 1. The molecule has 0 bridgehead atoms. The van der Waals surface area contributed by atoms with Crippen molar-refractivity contribution in [1.82, 2.24) is 0 Å². The van der Waals surface area contributed by atoms with E-state index in [1.807, 2.05) is 38.2 Å². The second-order valence-electron chi connectivity index (χ2n) is 3.23. The van der Waals surface area contributed by atoms with Gasteiger partial charge in [-0.2, -0.15) is 5.26 Å². The molecule has 0 spiro atoms. The largest absolute Gasteiger partial charge is 0.373 e. The number of para-hydroxylation sites is 1. The van der Waals surface area contributed by atoms with Crippen LogP contribution in [0, 0.1) is 23.2 Å². The SMILES string of the molecule is CC#CCCN(C)c1ccccc1C#N. The summed E-state index contributed by atoms with van der Waals surface area (Å²) in [6.07, 6.45) is 0.826. The van der Waals surface area contributed by atoms with Crippen LogP contribution in [0.3, 0.4) is 0 Å². The summed E-state index contributed by atoms with van der Waals surface area (Å²) in [6.45, 7) is 2.68. The molecule has 0 saturated carbocycles. The van der Waals surface area contributed by atoms with Gasteiger partial charge < -0.3 is 4.90 Å². The Hall–Kier alpha value is -1.93. The van der Waals surface area contributed by atoms with Gasteiger partial charge in [-0.3, -0.25) is 0 Å². The maximum atomic E-state index is 8.93. The van der Waals surface area contributed by atoms with Crippen molar-refractivity contribution < 1.29 is 0 Å². The molecular formula is C13H14N2. The summed E-state index contributed by atoms with van der Waals surface area (Å²) in [5, 5.41) is 8.93. The van der Waals surface area contributed by atoms with Crippen LogP contribution in [0.15, 0.2) is 24.3 Å². The van der Waals surface area contributed by atoms with Gasteiger partial charge >= 0.3 is 0 Å². The summed E-state index contributed by atoms with van der Waals surface area (Å²) in [5.74, 6) is 5.87. The fraction of sp³-hybridized carbons (Fsp3) is 0.308. The number of nitriles is 1. The fourth-order valence-electron chi connectivity index (χ4n) is 1.37. The fourth-order valence-corrected chi connectivity index (χ4v) is 1.37. The summed E-state index contributed by atoms with van der Waals surface area (Å²) in [5.41, 5.74) is 1.68. The van der Waals surface area contributed by atoms with Crippen molar-refractivity contribution in [2.75, 3.05) is 18.5 Å². The van der Waals surface area contributed by atoms with Crippen LogP contribution in [-0.4, -0.2) is 13.6 Å². The number of nitrogens with zero attached hydrogens (tertiary/aromatic N) is 2. The van der Waals surface area contributed by atoms with Gasteiger partial charge in [0.2, 0.25) is 0 Å². The van der Waals surface area contributed by atoms with E-state index in [2.05, 4.69) is 22.8 Å². The van der Waals surface area contributed by atoms with E-state index in [0.29, 0.717) is 5.56 Å². The average molecular weight is 198 g/mol. The molecule has 1 aromatic rings. The van der Waals surface area contributed by atoms with Crippen LogP contribution in [0.1, 0.15) is 18.9 Å². The minimum Gasteiger partial charge on any atom is -0.373 e. The molecule has 0 radical (unpaired) electrons. The second-order valence-corrected chi connectivity index (χ2v) is 3.23. The second kappa shape index (κ2) is 5.73. The Balaban J connectivity index is 2.76. The molecule has 0 atom stereocenters. The molecule has 1 rings (SSSR count). The molecule has 2 nitrogen and oxygen atoms in total. The average Bonchev–Trinajstić information content (AvgIpc) is 2.29. The number of hydrogen-bond donors (Lipinski definition) is 0. The minimum atomic E-state index is 0.712. The van der Waals surface area contributed by atoms with Gasteiger partial charge in [0.05, 0.1) is 11.3 Å². The quantitative estimate of drug-likeness (QED) is 0.697. The van der Waals surface area contributed by atoms with Gasteiger partial charge in [0.1, 0.15) is 6.07 Å². The molecule has 0 aliphatic carbocycles. The van der Waals surface area contributed by atoms with Crippen LogP contribution >= 0.6 is 0 Å². The van der Waals surface area contributed by atoms with Crippen LogP contribution in [0.5, 0.6) is 0 Å². The third-order valence-electron chi connectivity index (χ3n) is 2.18. The molecule has 0 unspecified atom stereocenters. The Morgan fingerprint density at radius 1 is 1.33 bits per heavy atom. The predicted molar refractivity (Wildman–Crippen MR) is 62.5 cm³/mol. The van der Waals surface area contributed by atoms with Crippen LogP contribution in [-0.2, 0) is 0 Å². The van der Waals surface area contributed by atoms with Crippen LogP contribution < -0.4 is 4.90 Å². The molecule has 0 aliphatic heterocycles. The lowest BCUT2D eigenvalue weighted by molar-refractivity contribution is 0.910. The van der Waals surface area contributed by atoms with E-state index in [1.54, 1.807) is 0 Å². The zero-order valence-corrected chi connectivity index (χ0v) is 9.12. The first kappa shape index (κ1) is 11.1. The predicted octanol–water partition coefficient (Wildman–Crippen LogP) is 2.41. The third-order valence-corrected chi connectivity index (χ3v) is 2.18.